The molecule has 0 atom stereocenters. The number of halogens is 1. The van der Waals surface area contributed by atoms with E-state index in [0.717, 1.165) is 16.5 Å². The average molecular weight is 487 g/mol. The number of anilines is 1. The third kappa shape index (κ3) is 4.56. The van der Waals surface area contributed by atoms with Gasteiger partial charge in [-0.1, -0.05) is 30.3 Å². The monoisotopic (exact) mass is 486 g/mol. The number of carbonyl (C=O) groups is 1. The van der Waals surface area contributed by atoms with E-state index in [1.165, 1.54) is 24.3 Å². The quantitative estimate of drug-likeness (QED) is 0.250. The second-order valence-corrected chi connectivity index (χ2v) is 8.45. The van der Waals surface area contributed by atoms with Crippen molar-refractivity contribution in [1.82, 2.24) is 5.32 Å². The molecule has 0 radical (unpaired) electrons. The highest BCUT2D eigenvalue weighted by atomic mass is 32.1. The fourth-order valence-electron chi connectivity index (χ4n) is 3.98. The van der Waals surface area contributed by atoms with Gasteiger partial charge in [-0.05, 0) is 60.6 Å². The molecule has 35 heavy (non-hydrogen) atoms. The van der Waals surface area contributed by atoms with Crippen molar-refractivity contribution >= 4 is 50.9 Å². The molecule has 0 fully saturated rings. The van der Waals surface area contributed by atoms with Crippen molar-refractivity contribution in [1.29, 1.82) is 0 Å². The highest BCUT2D eigenvalue weighted by Gasteiger charge is 2.18. The van der Waals surface area contributed by atoms with E-state index in [1.54, 1.807) is 19.3 Å². The van der Waals surface area contributed by atoms with E-state index < -0.39 is 11.5 Å². The van der Waals surface area contributed by atoms with Crippen LogP contribution < -0.4 is 16.3 Å². The summed E-state index contributed by atoms with van der Waals surface area (Å²) < 4.78 is 24.3. The molecule has 0 aliphatic carbocycles. The summed E-state index contributed by atoms with van der Waals surface area (Å²) in [6, 6.07) is 19.0. The van der Waals surface area contributed by atoms with Gasteiger partial charge in [0.15, 0.2) is 5.11 Å². The maximum absolute atomic E-state index is 13.1. The molecule has 0 unspecified atom stereocenters. The summed E-state index contributed by atoms with van der Waals surface area (Å²) in [5.74, 6) is -0.860. The van der Waals surface area contributed by atoms with Gasteiger partial charge in [-0.25, -0.2) is 9.18 Å². The molecule has 0 spiro atoms. The van der Waals surface area contributed by atoms with Crippen molar-refractivity contribution in [3.8, 4) is 11.1 Å². The van der Waals surface area contributed by atoms with Crippen LogP contribution in [0, 0.1) is 12.7 Å². The molecule has 5 rings (SSSR count). The molecule has 3 aromatic carbocycles. The Balaban J connectivity index is 1.43. The molecule has 6 nitrogen and oxygen atoms in total. The minimum Gasteiger partial charge on any atom is -0.464 e. The van der Waals surface area contributed by atoms with Crippen molar-refractivity contribution in [3.63, 3.8) is 0 Å². The molecule has 2 aromatic heterocycles. The Morgan fingerprint density at radius 2 is 1.74 bits per heavy atom. The number of hydrogen-bond acceptors (Lipinski definition) is 5. The summed E-state index contributed by atoms with van der Waals surface area (Å²) in [6.07, 6.45) is 1.46. The van der Waals surface area contributed by atoms with Gasteiger partial charge in [0.05, 0.1) is 18.2 Å². The van der Waals surface area contributed by atoms with Crippen molar-refractivity contribution < 1.29 is 18.0 Å². The number of nitrogens with one attached hydrogen (secondary N) is 2. The van der Waals surface area contributed by atoms with Gasteiger partial charge in [0.25, 0.3) is 0 Å². The van der Waals surface area contributed by atoms with Gasteiger partial charge >= 0.3 is 5.63 Å². The first-order chi connectivity index (χ1) is 16.9. The first-order valence-corrected chi connectivity index (χ1v) is 11.2. The van der Waals surface area contributed by atoms with E-state index in [1.807, 2.05) is 36.4 Å². The van der Waals surface area contributed by atoms with Gasteiger partial charge in [0.1, 0.15) is 17.0 Å². The number of carbonyl (C=O) groups excluding carboxylic acids is 1. The fourth-order valence-corrected chi connectivity index (χ4v) is 4.21. The van der Waals surface area contributed by atoms with E-state index in [9.17, 15) is 14.0 Å². The largest absolute Gasteiger partial charge is 0.464 e. The van der Waals surface area contributed by atoms with Gasteiger partial charge in [-0.3, -0.25) is 4.79 Å². The molecule has 5 aromatic rings. The van der Waals surface area contributed by atoms with Crippen LogP contribution in [0.3, 0.4) is 0 Å². The number of aryl methyl sites for hydroxylation is 1. The number of amides is 1. The summed E-state index contributed by atoms with van der Waals surface area (Å²) >= 11 is 5.16. The maximum Gasteiger partial charge on any atom is 0.340 e. The van der Waals surface area contributed by atoms with Crippen molar-refractivity contribution in [2.75, 3.05) is 5.32 Å². The Kier molecular flexibility index (Phi) is 5.88. The molecule has 0 aliphatic heterocycles. The van der Waals surface area contributed by atoms with Crippen LogP contribution >= 0.6 is 12.2 Å². The van der Waals surface area contributed by atoms with Crippen LogP contribution in [0.4, 0.5) is 10.1 Å². The molecule has 174 valence electrons. The van der Waals surface area contributed by atoms with Gasteiger partial charge < -0.3 is 19.5 Å². The Morgan fingerprint density at radius 1 is 1.00 bits per heavy atom. The Morgan fingerprint density at radius 3 is 2.49 bits per heavy atom. The summed E-state index contributed by atoms with van der Waals surface area (Å²) in [6.45, 7) is 1.78. The van der Waals surface area contributed by atoms with Crippen LogP contribution in [-0.2, 0) is 11.2 Å². The zero-order valence-corrected chi connectivity index (χ0v) is 19.4. The van der Waals surface area contributed by atoms with Crippen molar-refractivity contribution in [2.24, 2.45) is 0 Å². The third-order valence-corrected chi connectivity index (χ3v) is 5.96. The van der Waals surface area contributed by atoms with E-state index in [4.69, 9.17) is 21.1 Å². The molecular formula is C27H19FN2O4S. The minimum absolute atomic E-state index is 0.0389. The van der Waals surface area contributed by atoms with Crippen LogP contribution in [0.25, 0.3) is 33.1 Å². The second kappa shape index (κ2) is 9.15. The van der Waals surface area contributed by atoms with Gasteiger partial charge in [-0.2, -0.15) is 0 Å². The molecule has 2 heterocycles. The minimum atomic E-state index is -0.600. The molecule has 0 saturated heterocycles. The molecule has 8 heteroatoms. The van der Waals surface area contributed by atoms with Crippen LogP contribution in [0.2, 0.25) is 0 Å². The van der Waals surface area contributed by atoms with E-state index in [0.29, 0.717) is 27.8 Å². The first-order valence-electron chi connectivity index (χ1n) is 10.8. The van der Waals surface area contributed by atoms with Crippen molar-refractivity contribution in [3.05, 3.63) is 100 Å². The van der Waals surface area contributed by atoms with Crippen molar-refractivity contribution in [2.45, 2.75) is 13.3 Å². The first kappa shape index (κ1) is 22.5. The lowest BCUT2D eigenvalue weighted by Gasteiger charge is -2.11. The Bertz CT molecular complexity index is 1640. The SMILES string of the molecule is Cc1c(CC(=O)NC(=S)Nc2ccc(F)cc2)c(=O)oc2cc3occ(-c4ccccc4)c3cc12. The van der Waals surface area contributed by atoms with E-state index in [-0.39, 0.29) is 22.9 Å². The molecule has 2 N–H and O–H groups in total. The normalized spacial score (nSPS) is 11.0. The summed E-state index contributed by atoms with van der Waals surface area (Å²) in [4.78, 5) is 25.3. The molecule has 1 amide bonds. The lowest BCUT2D eigenvalue weighted by atomic mass is 9.99. The number of thiocarbonyl (C=S) groups is 1. The molecule has 0 aliphatic rings. The lowest BCUT2D eigenvalue weighted by molar-refractivity contribution is -0.119. The van der Waals surface area contributed by atoms with Gasteiger partial charge in [-0.15, -0.1) is 0 Å². The zero-order chi connectivity index (χ0) is 24.5. The number of fused-ring (bicyclic) bond motifs is 2. The number of benzene rings is 3. The Hall–Kier alpha value is -4.30. The van der Waals surface area contributed by atoms with Crippen LogP contribution in [0.1, 0.15) is 11.1 Å². The maximum atomic E-state index is 13.1. The summed E-state index contributed by atoms with van der Waals surface area (Å²) in [5.41, 5.74) is 3.71. The zero-order valence-electron chi connectivity index (χ0n) is 18.6. The number of hydrogen-bond donors (Lipinski definition) is 2. The average Bonchev–Trinajstić information content (AvgIpc) is 3.25. The van der Waals surface area contributed by atoms with E-state index >= 15 is 0 Å². The highest BCUT2D eigenvalue weighted by Crippen LogP contribution is 2.34. The summed E-state index contributed by atoms with van der Waals surface area (Å²) in [7, 11) is 0. The smallest absolute Gasteiger partial charge is 0.340 e. The topological polar surface area (TPSA) is 84.5 Å². The Labute approximate surface area is 204 Å². The number of rotatable bonds is 4. The van der Waals surface area contributed by atoms with Crippen LogP contribution in [0.5, 0.6) is 0 Å². The standard InChI is InChI=1S/C27H19FN2O4S/c1-15-19-11-21-22(16-5-3-2-4-6-16)14-33-23(21)13-24(19)34-26(32)20(15)12-25(31)30-27(35)29-18-9-7-17(28)8-10-18/h2-11,13-14H,12H2,1H3,(H2,29,30,31,35). The number of furan rings is 1. The van der Waals surface area contributed by atoms with Gasteiger partial charge in [0, 0.05) is 28.1 Å². The second-order valence-electron chi connectivity index (χ2n) is 8.04. The lowest BCUT2D eigenvalue weighted by Crippen LogP contribution is -2.36. The van der Waals surface area contributed by atoms with Crippen LogP contribution in [-0.4, -0.2) is 11.0 Å². The van der Waals surface area contributed by atoms with Gasteiger partial charge in [0.2, 0.25) is 5.91 Å². The highest BCUT2D eigenvalue weighted by molar-refractivity contribution is 7.80. The van der Waals surface area contributed by atoms with Crippen LogP contribution in [0.15, 0.2) is 86.6 Å². The third-order valence-electron chi connectivity index (χ3n) is 5.76. The molecular weight excluding hydrogens is 467 g/mol. The fraction of sp³-hybridized carbons (Fsp3) is 0.0741. The molecule has 0 saturated carbocycles. The predicted octanol–water partition coefficient (Wildman–Crippen LogP) is 5.71. The van der Waals surface area contributed by atoms with E-state index in [2.05, 4.69) is 10.6 Å². The summed E-state index contributed by atoms with van der Waals surface area (Å²) in [5, 5.41) is 6.97. The predicted molar refractivity (Wildman–Crippen MR) is 137 cm³/mol. The molecule has 0 bridgehead atoms.